The second kappa shape index (κ2) is 6.26. The zero-order valence-corrected chi connectivity index (χ0v) is 12.8. The van der Waals surface area contributed by atoms with E-state index in [0.717, 1.165) is 24.1 Å². The lowest BCUT2D eigenvalue weighted by molar-refractivity contribution is 0.599. The second-order valence-corrected chi connectivity index (χ2v) is 6.64. The molecule has 0 aliphatic carbocycles. The number of rotatable bonds is 5. The Bertz CT molecular complexity index is 711. The Morgan fingerprint density at radius 1 is 1.10 bits per heavy atom. The van der Waals surface area contributed by atoms with Gasteiger partial charge in [0.25, 0.3) is 10.0 Å². The summed E-state index contributed by atoms with van der Waals surface area (Å²) in [5.74, 6) is -0.217. The van der Waals surface area contributed by atoms with Crippen LogP contribution in [0.1, 0.15) is 31.7 Å². The number of nitrogens with one attached hydrogen (secondary N) is 1. The third kappa shape index (κ3) is 3.61. The van der Waals surface area contributed by atoms with E-state index in [2.05, 4.69) is 11.6 Å². The molecule has 0 saturated carbocycles. The van der Waals surface area contributed by atoms with Gasteiger partial charge in [-0.15, -0.1) is 0 Å². The Morgan fingerprint density at radius 2 is 1.71 bits per heavy atom. The molecule has 2 aromatic rings. The van der Waals surface area contributed by atoms with Gasteiger partial charge in [0.15, 0.2) is 0 Å². The zero-order valence-electron chi connectivity index (χ0n) is 12.0. The van der Waals surface area contributed by atoms with Crippen LogP contribution in [0.4, 0.5) is 10.1 Å². The minimum Gasteiger partial charge on any atom is -0.279 e. The summed E-state index contributed by atoms with van der Waals surface area (Å²) in [6, 6.07) is 12.1. The van der Waals surface area contributed by atoms with Crippen LogP contribution in [0.2, 0.25) is 0 Å². The van der Waals surface area contributed by atoms with E-state index in [0.29, 0.717) is 5.69 Å². The monoisotopic (exact) mass is 307 g/mol. The molecule has 0 bridgehead atoms. The molecule has 2 aromatic carbocycles. The maximum atomic E-state index is 12.9. The van der Waals surface area contributed by atoms with E-state index >= 15 is 0 Å². The van der Waals surface area contributed by atoms with Crippen molar-refractivity contribution >= 4 is 15.7 Å². The predicted octanol–water partition coefficient (Wildman–Crippen LogP) is 4.14. The molecule has 0 aliphatic rings. The molecule has 0 saturated heterocycles. The van der Waals surface area contributed by atoms with E-state index in [-0.39, 0.29) is 10.8 Å². The van der Waals surface area contributed by atoms with Gasteiger partial charge in [-0.3, -0.25) is 4.72 Å². The summed E-state index contributed by atoms with van der Waals surface area (Å²) >= 11 is 0. The fourth-order valence-corrected chi connectivity index (χ4v) is 3.14. The van der Waals surface area contributed by atoms with Crippen LogP contribution in [0.5, 0.6) is 0 Å². The summed E-state index contributed by atoms with van der Waals surface area (Å²) in [6.45, 7) is 4.10. The summed E-state index contributed by atoms with van der Waals surface area (Å²) in [7, 11) is -3.71. The Labute approximate surface area is 124 Å². The van der Waals surface area contributed by atoms with Gasteiger partial charge in [0, 0.05) is 0 Å². The molecule has 0 unspecified atom stereocenters. The Hall–Kier alpha value is -1.88. The third-order valence-corrected chi connectivity index (χ3v) is 4.85. The average molecular weight is 307 g/mol. The van der Waals surface area contributed by atoms with Crippen LogP contribution in [0, 0.1) is 5.82 Å². The number of hydrogen-bond donors (Lipinski definition) is 1. The van der Waals surface area contributed by atoms with Crippen LogP contribution in [0.3, 0.4) is 0 Å². The van der Waals surface area contributed by atoms with E-state index in [9.17, 15) is 12.8 Å². The van der Waals surface area contributed by atoms with Gasteiger partial charge >= 0.3 is 0 Å². The highest BCUT2D eigenvalue weighted by atomic mass is 32.2. The Kier molecular flexibility index (Phi) is 4.63. The molecule has 21 heavy (non-hydrogen) atoms. The smallest absolute Gasteiger partial charge is 0.261 e. The predicted molar refractivity (Wildman–Crippen MR) is 82.4 cm³/mol. The second-order valence-electron chi connectivity index (χ2n) is 4.96. The Morgan fingerprint density at radius 3 is 2.33 bits per heavy atom. The quantitative estimate of drug-likeness (QED) is 0.902. The van der Waals surface area contributed by atoms with Gasteiger partial charge in [0.1, 0.15) is 5.82 Å². The minimum absolute atomic E-state index is 0.0443. The SMILES string of the molecule is CC[C@@H](C)c1ccccc1NS(=O)(=O)c1ccc(F)cc1. The number of hydrogen-bond acceptors (Lipinski definition) is 2. The van der Waals surface area contributed by atoms with Crippen LogP contribution >= 0.6 is 0 Å². The van der Waals surface area contributed by atoms with Gasteiger partial charge in [-0.1, -0.05) is 32.0 Å². The number of para-hydroxylation sites is 1. The molecule has 112 valence electrons. The van der Waals surface area contributed by atoms with Gasteiger partial charge in [-0.25, -0.2) is 12.8 Å². The number of anilines is 1. The molecule has 0 radical (unpaired) electrons. The van der Waals surface area contributed by atoms with E-state index in [1.165, 1.54) is 12.1 Å². The first kappa shape index (κ1) is 15.5. The number of halogens is 1. The molecular formula is C16H18FNO2S. The molecule has 3 nitrogen and oxygen atoms in total. The van der Waals surface area contributed by atoms with E-state index in [4.69, 9.17) is 0 Å². The van der Waals surface area contributed by atoms with Crippen molar-refractivity contribution in [2.75, 3.05) is 4.72 Å². The molecule has 5 heteroatoms. The first-order valence-corrected chi connectivity index (χ1v) is 8.29. The van der Waals surface area contributed by atoms with E-state index < -0.39 is 15.8 Å². The maximum absolute atomic E-state index is 12.9. The molecular weight excluding hydrogens is 289 g/mol. The van der Waals surface area contributed by atoms with Crippen molar-refractivity contribution in [3.05, 3.63) is 59.9 Å². The molecule has 0 amide bonds. The first-order valence-electron chi connectivity index (χ1n) is 6.81. The summed E-state index contributed by atoms with van der Waals surface area (Å²) < 4.78 is 40.2. The number of benzene rings is 2. The molecule has 0 aliphatic heterocycles. The van der Waals surface area contributed by atoms with Crippen molar-refractivity contribution < 1.29 is 12.8 Å². The van der Waals surface area contributed by atoms with Crippen molar-refractivity contribution in [2.45, 2.75) is 31.1 Å². The van der Waals surface area contributed by atoms with Gasteiger partial charge in [-0.05, 0) is 48.2 Å². The highest BCUT2D eigenvalue weighted by Gasteiger charge is 2.17. The molecule has 1 atom stereocenters. The lowest BCUT2D eigenvalue weighted by Crippen LogP contribution is -2.14. The highest BCUT2D eigenvalue weighted by Crippen LogP contribution is 2.28. The van der Waals surface area contributed by atoms with Gasteiger partial charge in [0.2, 0.25) is 0 Å². The van der Waals surface area contributed by atoms with Crippen molar-refractivity contribution in [2.24, 2.45) is 0 Å². The van der Waals surface area contributed by atoms with Crippen molar-refractivity contribution in [3.63, 3.8) is 0 Å². The summed E-state index contributed by atoms with van der Waals surface area (Å²) in [5, 5.41) is 0. The van der Waals surface area contributed by atoms with Crippen molar-refractivity contribution in [3.8, 4) is 0 Å². The van der Waals surface area contributed by atoms with Gasteiger partial charge in [0.05, 0.1) is 10.6 Å². The van der Waals surface area contributed by atoms with E-state index in [1.54, 1.807) is 12.1 Å². The fourth-order valence-electron chi connectivity index (χ4n) is 2.06. The van der Waals surface area contributed by atoms with Gasteiger partial charge in [-0.2, -0.15) is 0 Å². The summed E-state index contributed by atoms with van der Waals surface area (Å²) in [5.41, 5.74) is 1.52. The van der Waals surface area contributed by atoms with Crippen LogP contribution in [-0.4, -0.2) is 8.42 Å². The summed E-state index contributed by atoms with van der Waals surface area (Å²) in [4.78, 5) is 0.0443. The van der Waals surface area contributed by atoms with Gasteiger partial charge < -0.3 is 0 Å². The first-order chi connectivity index (χ1) is 9.94. The molecule has 0 aromatic heterocycles. The average Bonchev–Trinajstić information content (AvgIpc) is 2.47. The third-order valence-electron chi connectivity index (χ3n) is 3.47. The zero-order chi connectivity index (χ0) is 15.5. The van der Waals surface area contributed by atoms with Crippen LogP contribution in [-0.2, 0) is 10.0 Å². The summed E-state index contributed by atoms with van der Waals surface area (Å²) in [6.07, 6.45) is 0.912. The topological polar surface area (TPSA) is 46.2 Å². The number of sulfonamides is 1. The van der Waals surface area contributed by atoms with Crippen molar-refractivity contribution in [1.82, 2.24) is 0 Å². The fraction of sp³-hybridized carbons (Fsp3) is 0.250. The van der Waals surface area contributed by atoms with Crippen LogP contribution < -0.4 is 4.72 Å². The minimum atomic E-state index is -3.71. The highest BCUT2D eigenvalue weighted by molar-refractivity contribution is 7.92. The molecule has 1 N–H and O–H groups in total. The largest absolute Gasteiger partial charge is 0.279 e. The Balaban J connectivity index is 2.35. The van der Waals surface area contributed by atoms with Crippen LogP contribution in [0.25, 0.3) is 0 Å². The standard InChI is InChI=1S/C16H18FNO2S/c1-3-12(2)15-6-4-5-7-16(15)18-21(19,20)14-10-8-13(17)9-11-14/h4-12,18H,3H2,1-2H3/t12-/m1/s1. The van der Waals surface area contributed by atoms with E-state index in [1.807, 2.05) is 19.1 Å². The molecule has 2 rings (SSSR count). The normalized spacial score (nSPS) is 12.9. The maximum Gasteiger partial charge on any atom is 0.261 e. The molecule has 0 heterocycles. The molecule has 0 fully saturated rings. The van der Waals surface area contributed by atoms with Crippen LogP contribution in [0.15, 0.2) is 53.4 Å². The lowest BCUT2D eigenvalue weighted by atomic mass is 9.97. The lowest BCUT2D eigenvalue weighted by Gasteiger charge is -2.16. The van der Waals surface area contributed by atoms with Crippen molar-refractivity contribution in [1.29, 1.82) is 0 Å². The molecule has 0 spiro atoms.